The van der Waals surface area contributed by atoms with Crippen LogP contribution in [0.25, 0.3) is 0 Å². The standard InChI is InChI=1S/C13H24N2O/c1-2-16-12(10-6-4-3-5-7-10)13(14)15-11-8-9-11/h10-12H,2-9H2,1H3,(H2,14,15). The molecule has 2 saturated carbocycles. The van der Waals surface area contributed by atoms with E-state index < -0.39 is 0 Å². The van der Waals surface area contributed by atoms with Gasteiger partial charge in [0.1, 0.15) is 11.9 Å². The summed E-state index contributed by atoms with van der Waals surface area (Å²) in [7, 11) is 0. The maximum atomic E-state index is 6.10. The highest BCUT2D eigenvalue weighted by molar-refractivity contribution is 5.85. The van der Waals surface area contributed by atoms with E-state index in [0.717, 1.165) is 12.4 Å². The summed E-state index contributed by atoms with van der Waals surface area (Å²) in [6, 6.07) is 0.506. The van der Waals surface area contributed by atoms with Crippen LogP contribution in [0.2, 0.25) is 0 Å². The molecule has 3 heteroatoms. The Kier molecular flexibility index (Phi) is 4.22. The first-order valence-electron chi connectivity index (χ1n) is 6.76. The average Bonchev–Trinajstić information content (AvgIpc) is 3.11. The summed E-state index contributed by atoms with van der Waals surface area (Å²) >= 11 is 0. The summed E-state index contributed by atoms with van der Waals surface area (Å²) in [5.74, 6) is 1.37. The van der Waals surface area contributed by atoms with Gasteiger partial charge in [0.15, 0.2) is 0 Å². The van der Waals surface area contributed by atoms with Gasteiger partial charge in [-0.1, -0.05) is 19.3 Å². The first kappa shape index (κ1) is 11.9. The van der Waals surface area contributed by atoms with Gasteiger partial charge in [-0.2, -0.15) is 0 Å². The molecule has 2 aliphatic carbocycles. The molecule has 0 spiro atoms. The zero-order valence-electron chi connectivity index (χ0n) is 10.3. The number of nitrogens with two attached hydrogens (primary N) is 1. The molecule has 2 rings (SSSR count). The van der Waals surface area contributed by atoms with Gasteiger partial charge in [0.05, 0.1) is 6.04 Å². The van der Waals surface area contributed by atoms with Gasteiger partial charge < -0.3 is 10.5 Å². The Labute approximate surface area is 98.5 Å². The van der Waals surface area contributed by atoms with E-state index in [4.69, 9.17) is 10.5 Å². The molecule has 3 nitrogen and oxygen atoms in total. The van der Waals surface area contributed by atoms with Crippen LogP contribution in [0.1, 0.15) is 51.9 Å². The van der Waals surface area contributed by atoms with Crippen molar-refractivity contribution in [2.24, 2.45) is 16.6 Å². The number of hydrogen-bond donors (Lipinski definition) is 1. The normalized spacial score (nSPS) is 25.7. The predicted octanol–water partition coefficient (Wildman–Crippen LogP) is 2.49. The van der Waals surface area contributed by atoms with Crippen LogP contribution in [-0.4, -0.2) is 24.6 Å². The zero-order valence-corrected chi connectivity index (χ0v) is 10.3. The Bertz CT molecular complexity index is 242. The van der Waals surface area contributed by atoms with Crippen LogP contribution in [0.3, 0.4) is 0 Å². The van der Waals surface area contributed by atoms with Gasteiger partial charge in [0.25, 0.3) is 0 Å². The van der Waals surface area contributed by atoms with Gasteiger partial charge in [-0.25, -0.2) is 0 Å². The summed E-state index contributed by atoms with van der Waals surface area (Å²) in [4.78, 5) is 4.55. The Hall–Kier alpha value is -0.570. The maximum absolute atomic E-state index is 6.10. The summed E-state index contributed by atoms with van der Waals surface area (Å²) < 4.78 is 5.82. The van der Waals surface area contributed by atoms with Crippen LogP contribution >= 0.6 is 0 Å². The third kappa shape index (κ3) is 3.21. The van der Waals surface area contributed by atoms with Crippen LogP contribution in [0.4, 0.5) is 0 Å². The molecule has 1 atom stereocenters. The van der Waals surface area contributed by atoms with Crippen molar-refractivity contribution in [3.05, 3.63) is 0 Å². The number of hydrogen-bond acceptors (Lipinski definition) is 2. The minimum atomic E-state index is 0.0888. The van der Waals surface area contributed by atoms with E-state index in [1.807, 2.05) is 6.92 Å². The lowest BCUT2D eigenvalue weighted by Gasteiger charge is -2.29. The molecule has 0 heterocycles. The molecule has 0 aromatic rings. The lowest BCUT2D eigenvalue weighted by atomic mass is 9.84. The summed E-state index contributed by atoms with van der Waals surface area (Å²) in [6.45, 7) is 2.78. The van der Waals surface area contributed by atoms with Gasteiger partial charge in [0.2, 0.25) is 0 Å². The molecule has 0 radical (unpaired) electrons. The van der Waals surface area contributed by atoms with Gasteiger partial charge in [-0.05, 0) is 38.5 Å². The van der Waals surface area contributed by atoms with Gasteiger partial charge in [-0.3, -0.25) is 4.99 Å². The highest BCUT2D eigenvalue weighted by Crippen LogP contribution is 2.29. The number of amidine groups is 1. The molecule has 1 unspecified atom stereocenters. The molecule has 2 fully saturated rings. The Morgan fingerprint density at radius 2 is 1.94 bits per heavy atom. The van der Waals surface area contributed by atoms with Gasteiger partial charge in [0, 0.05) is 6.61 Å². The van der Waals surface area contributed by atoms with Crippen molar-refractivity contribution in [2.45, 2.75) is 64.0 Å². The Balaban J connectivity index is 1.96. The molecule has 2 aliphatic rings. The van der Waals surface area contributed by atoms with Gasteiger partial charge >= 0.3 is 0 Å². The van der Waals surface area contributed by atoms with E-state index >= 15 is 0 Å². The van der Waals surface area contributed by atoms with Crippen molar-refractivity contribution in [3.63, 3.8) is 0 Å². The van der Waals surface area contributed by atoms with E-state index in [-0.39, 0.29) is 6.10 Å². The number of ether oxygens (including phenoxy) is 1. The molecule has 0 aliphatic heterocycles. The van der Waals surface area contributed by atoms with Crippen molar-refractivity contribution in [3.8, 4) is 0 Å². The summed E-state index contributed by atoms with van der Waals surface area (Å²) in [5, 5.41) is 0. The number of aliphatic imine (C=N–C) groups is 1. The molecule has 2 N–H and O–H groups in total. The second kappa shape index (κ2) is 5.67. The topological polar surface area (TPSA) is 47.6 Å². The van der Waals surface area contributed by atoms with Crippen LogP contribution in [0, 0.1) is 5.92 Å². The average molecular weight is 224 g/mol. The van der Waals surface area contributed by atoms with E-state index in [9.17, 15) is 0 Å². The molecule has 0 aromatic heterocycles. The van der Waals surface area contributed by atoms with Crippen LogP contribution in [0.15, 0.2) is 4.99 Å². The highest BCUT2D eigenvalue weighted by atomic mass is 16.5. The fourth-order valence-electron chi connectivity index (χ4n) is 2.57. The third-order valence-electron chi connectivity index (χ3n) is 3.59. The zero-order chi connectivity index (χ0) is 11.4. The third-order valence-corrected chi connectivity index (χ3v) is 3.59. The minimum absolute atomic E-state index is 0.0888. The van der Waals surface area contributed by atoms with Crippen molar-refractivity contribution in [2.75, 3.05) is 6.61 Å². The fraction of sp³-hybridized carbons (Fsp3) is 0.923. The first-order valence-corrected chi connectivity index (χ1v) is 6.76. The largest absolute Gasteiger partial charge is 0.385 e. The fourth-order valence-corrected chi connectivity index (χ4v) is 2.57. The van der Waals surface area contributed by atoms with E-state index in [1.54, 1.807) is 0 Å². The van der Waals surface area contributed by atoms with Crippen LogP contribution in [0.5, 0.6) is 0 Å². The maximum Gasteiger partial charge on any atom is 0.124 e. The molecule has 0 bridgehead atoms. The van der Waals surface area contributed by atoms with Crippen LogP contribution in [-0.2, 0) is 4.74 Å². The Morgan fingerprint density at radius 3 is 2.50 bits per heavy atom. The molecule has 0 amide bonds. The lowest BCUT2D eigenvalue weighted by molar-refractivity contribution is 0.0520. The lowest BCUT2D eigenvalue weighted by Crippen LogP contribution is -2.39. The smallest absolute Gasteiger partial charge is 0.124 e. The predicted molar refractivity (Wildman–Crippen MR) is 66.6 cm³/mol. The van der Waals surface area contributed by atoms with E-state index in [2.05, 4.69) is 4.99 Å². The summed E-state index contributed by atoms with van der Waals surface area (Å²) in [5.41, 5.74) is 6.10. The Morgan fingerprint density at radius 1 is 1.25 bits per heavy atom. The second-order valence-corrected chi connectivity index (χ2v) is 5.06. The van der Waals surface area contributed by atoms with Crippen molar-refractivity contribution >= 4 is 5.84 Å². The monoisotopic (exact) mass is 224 g/mol. The highest BCUT2D eigenvalue weighted by Gasteiger charge is 2.29. The molecule has 0 aromatic carbocycles. The molecule has 16 heavy (non-hydrogen) atoms. The van der Waals surface area contributed by atoms with E-state index in [0.29, 0.717) is 12.0 Å². The molecular weight excluding hydrogens is 200 g/mol. The van der Waals surface area contributed by atoms with Crippen molar-refractivity contribution in [1.82, 2.24) is 0 Å². The second-order valence-electron chi connectivity index (χ2n) is 5.06. The first-order chi connectivity index (χ1) is 7.81. The number of rotatable bonds is 5. The van der Waals surface area contributed by atoms with Crippen LogP contribution < -0.4 is 5.73 Å². The SMILES string of the molecule is CCOC(C(N)=NC1CC1)C1CCCCC1. The summed E-state index contributed by atoms with van der Waals surface area (Å²) in [6.07, 6.45) is 9.04. The number of nitrogens with zero attached hydrogens (tertiary/aromatic N) is 1. The quantitative estimate of drug-likeness (QED) is 0.576. The molecule has 92 valence electrons. The van der Waals surface area contributed by atoms with Crippen molar-refractivity contribution < 1.29 is 4.74 Å². The minimum Gasteiger partial charge on any atom is -0.385 e. The van der Waals surface area contributed by atoms with Crippen molar-refractivity contribution in [1.29, 1.82) is 0 Å². The van der Waals surface area contributed by atoms with E-state index in [1.165, 1.54) is 44.9 Å². The molecule has 0 saturated heterocycles. The molecular formula is C13H24N2O. The van der Waals surface area contributed by atoms with Gasteiger partial charge in [-0.15, -0.1) is 0 Å².